The smallest absolute Gasteiger partial charge is 0.294 e. The summed E-state index contributed by atoms with van der Waals surface area (Å²) in [4.78, 5) is 15.6. The summed E-state index contributed by atoms with van der Waals surface area (Å²) in [5.74, 6) is 0.601. The molecule has 0 bridgehead atoms. The summed E-state index contributed by atoms with van der Waals surface area (Å²) in [7, 11) is -8.65. The van der Waals surface area contributed by atoms with E-state index in [4.69, 9.17) is 9.11 Å². The molecule has 0 spiro atoms. The number of hydrogen-bond acceptors (Lipinski definition) is 9. The van der Waals surface area contributed by atoms with Gasteiger partial charge in [0.1, 0.15) is 11.6 Å². The number of pyridine rings is 1. The van der Waals surface area contributed by atoms with Crippen molar-refractivity contribution < 1.29 is 30.7 Å². The van der Waals surface area contributed by atoms with Crippen molar-refractivity contribution in [3.05, 3.63) is 65.2 Å². The lowest BCUT2D eigenvalue weighted by Crippen LogP contribution is -2.07. The Bertz CT molecular complexity index is 1390. The van der Waals surface area contributed by atoms with Gasteiger partial charge in [0.05, 0.1) is 15.4 Å². The molecule has 7 N–H and O–H groups in total. The Labute approximate surface area is 191 Å². The Morgan fingerprint density at radius 1 is 0.727 bits per heavy atom. The molecular weight excluding hydrogens is 472 g/mol. The monoisotopic (exact) mass is 494 g/mol. The molecule has 33 heavy (non-hydrogen) atoms. The molecule has 2 aromatic carbocycles. The summed E-state index contributed by atoms with van der Waals surface area (Å²) in [6.07, 6.45) is 0.648. The predicted octanol–water partition coefficient (Wildman–Crippen LogP) is 3.65. The largest absolute Gasteiger partial charge is 0.344 e. The van der Waals surface area contributed by atoms with E-state index in [9.17, 15) is 21.6 Å². The van der Waals surface area contributed by atoms with Crippen molar-refractivity contribution in [1.29, 1.82) is 0 Å². The molecule has 3 aromatic rings. The summed E-state index contributed by atoms with van der Waals surface area (Å²) in [6.45, 7) is 3.49. The lowest BCUT2D eigenvalue weighted by atomic mass is 10.1. The molecule has 1 heterocycles. The molecule has 13 heteroatoms. The van der Waals surface area contributed by atoms with Crippen LogP contribution in [0.1, 0.15) is 21.5 Å². The van der Waals surface area contributed by atoms with E-state index in [0.29, 0.717) is 40.2 Å². The zero-order chi connectivity index (χ0) is 23.7. The van der Waals surface area contributed by atoms with Crippen molar-refractivity contribution in [2.75, 3.05) is 10.6 Å². The number of carbonyl (C=O) groups excluding carboxylic acids is 1. The van der Waals surface area contributed by atoms with Gasteiger partial charge in [-0.1, -0.05) is 0 Å². The van der Waals surface area contributed by atoms with Crippen LogP contribution in [-0.2, 0) is 20.2 Å². The minimum Gasteiger partial charge on any atom is -0.344 e. The molecule has 11 nitrogen and oxygen atoms in total. The minimum absolute atomic E-state index is 0. The number of nitrogens with one attached hydrogen (secondary N) is 2. The Kier molecular flexibility index (Phi) is 7.57. The number of aldehydes is 1. The SMILES string of the molecule is Cc1c(Nc2ccc(S(=O)(=O)O)cc2)nc(Nc2ccc(S(=O)(=O)O)cc2)c(C=O)c1C.N. The van der Waals surface area contributed by atoms with E-state index < -0.39 is 20.2 Å². The highest BCUT2D eigenvalue weighted by molar-refractivity contribution is 7.86. The average molecular weight is 495 g/mol. The number of carbonyl (C=O) groups is 1. The fourth-order valence-electron chi connectivity index (χ4n) is 2.87. The summed E-state index contributed by atoms with van der Waals surface area (Å²) in [6, 6.07) is 10.6. The molecule has 0 amide bonds. The molecule has 176 valence electrons. The van der Waals surface area contributed by atoms with Gasteiger partial charge in [0, 0.05) is 11.4 Å². The number of rotatable bonds is 7. The first-order valence-electron chi connectivity index (χ1n) is 9.05. The van der Waals surface area contributed by atoms with Crippen LogP contribution in [0.2, 0.25) is 0 Å². The van der Waals surface area contributed by atoms with E-state index in [1.807, 2.05) is 0 Å². The maximum atomic E-state index is 11.7. The zero-order valence-corrected chi connectivity index (χ0v) is 19.2. The van der Waals surface area contributed by atoms with E-state index in [1.54, 1.807) is 13.8 Å². The second kappa shape index (κ2) is 9.64. The van der Waals surface area contributed by atoms with Crippen LogP contribution in [0.5, 0.6) is 0 Å². The van der Waals surface area contributed by atoms with Gasteiger partial charge in [-0.3, -0.25) is 13.9 Å². The van der Waals surface area contributed by atoms with E-state index in [0.717, 1.165) is 0 Å². The van der Waals surface area contributed by atoms with E-state index >= 15 is 0 Å². The van der Waals surface area contributed by atoms with Gasteiger partial charge in [-0.15, -0.1) is 0 Å². The van der Waals surface area contributed by atoms with Crippen LogP contribution in [-0.4, -0.2) is 37.2 Å². The van der Waals surface area contributed by atoms with Crippen molar-refractivity contribution in [2.24, 2.45) is 0 Å². The summed E-state index contributed by atoms with van der Waals surface area (Å²) < 4.78 is 63.0. The third-order valence-electron chi connectivity index (χ3n) is 4.75. The molecule has 0 atom stereocenters. The first kappa shape index (κ1) is 25.9. The van der Waals surface area contributed by atoms with Crippen LogP contribution in [0.25, 0.3) is 0 Å². The van der Waals surface area contributed by atoms with Crippen molar-refractivity contribution in [2.45, 2.75) is 23.6 Å². The van der Waals surface area contributed by atoms with Gasteiger partial charge in [-0.25, -0.2) is 4.98 Å². The van der Waals surface area contributed by atoms with Crippen molar-refractivity contribution in [3.8, 4) is 0 Å². The van der Waals surface area contributed by atoms with Gasteiger partial charge in [0.25, 0.3) is 20.2 Å². The average Bonchev–Trinajstić information content (AvgIpc) is 2.71. The van der Waals surface area contributed by atoms with Crippen LogP contribution >= 0.6 is 0 Å². The van der Waals surface area contributed by atoms with Crippen LogP contribution in [0, 0.1) is 13.8 Å². The van der Waals surface area contributed by atoms with Crippen LogP contribution in [0.3, 0.4) is 0 Å². The third kappa shape index (κ3) is 5.91. The third-order valence-corrected chi connectivity index (χ3v) is 6.48. The van der Waals surface area contributed by atoms with Gasteiger partial charge >= 0.3 is 0 Å². The number of aromatic nitrogens is 1. The van der Waals surface area contributed by atoms with E-state index in [1.165, 1.54) is 48.5 Å². The first-order chi connectivity index (χ1) is 14.9. The molecule has 0 saturated carbocycles. The lowest BCUT2D eigenvalue weighted by Gasteiger charge is -2.17. The van der Waals surface area contributed by atoms with Gasteiger partial charge in [-0.05, 0) is 73.5 Å². The van der Waals surface area contributed by atoms with E-state index in [-0.39, 0.29) is 21.8 Å². The van der Waals surface area contributed by atoms with Crippen molar-refractivity contribution >= 4 is 49.5 Å². The number of nitrogens with zero attached hydrogens (tertiary/aromatic N) is 1. The first-order valence-corrected chi connectivity index (χ1v) is 11.9. The summed E-state index contributed by atoms with van der Waals surface area (Å²) in [5, 5.41) is 6.00. The highest BCUT2D eigenvalue weighted by atomic mass is 32.2. The summed E-state index contributed by atoms with van der Waals surface area (Å²) in [5.41, 5.74) is 2.55. The minimum atomic E-state index is -4.33. The standard InChI is InChI=1S/C20H19N3O7S2.H3N/c1-12-13(2)19(21-14-3-7-16(8-4-14)31(25,26)27)23-20(18(12)11-24)22-15-5-9-17(10-6-15)32(28,29)30;/h3-11H,1-2H3,(H2,21,22,23)(H,25,26,27)(H,28,29,30);1H3. The van der Waals surface area contributed by atoms with Crippen molar-refractivity contribution in [3.63, 3.8) is 0 Å². The Balaban J connectivity index is 0.00000385. The molecule has 0 saturated heterocycles. The molecule has 0 unspecified atom stereocenters. The summed E-state index contributed by atoms with van der Waals surface area (Å²) >= 11 is 0. The fraction of sp³-hybridized carbons (Fsp3) is 0.100. The van der Waals surface area contributed by atoms with Gasteiger partial charge in [-0.2, -0.15) is 16.8 Å². The quantitative estimate of drug-likeness (QED) is 0.237. The van der Waals surface area contributed by atoms with Crippen LogP contribution in [0.4, 0.5) is 23.0 Å². The van der Waals surface area contributed by atoms with Gasteiger partial charge < -0.3 is 16.8 Å². The zero-order valence-electron chi connectivity index (χ0n) is 17.6. The molecule has 0 radical (unpaired) electrons. The normalized spacial score (nSPS) is 11.4. The van der Waals surface area contributed by atoms with E-state index in [2.05, 4.69) is 15.6 Å². The molecule has 0 fully saturated rings. The number of hydrogen-bond donors (Lipinski definition) is 5. The fourth-order valence-corrected chi connectivity index (χ4v) is 3.83. The highest BCUT2D eigenvalue weighted by Crippen LogP contribution is 2.30. The van der Waals surface area contributed by atoms with Crippen LogP contribution in [0.15, 0.2) is 58.3 Å². The molecule has 3 rings (SSSR count). The van der Waals surface area contributed by atoms with Crippen molar-refractivity contribution in [1.82, 2.24) is 11.1 Å². The second-order valence-electron chi connectivity index (χ2n) is 6.84. The number of anilines is 4. The Hall–Kier alpha value is -3.36. The topological polar surface area (TPSA) is 198 Å². The van der Waals surface area contributed by atoms with Gasteiger partial charge in [0.2, 0.25) is 0 Å². The highest BCUT2D eigenvalue weighted by Gasteiger charge is 2.16. The maximum absolute atomic E-state index is 11.7. The maximum Gasteiger partial charge on any atom is 0.294 e. The Morgan fingerprint density at radius 2 is 1.12 bits per heavy atom. The second-order valence-corrected chi connectivity index (χ2v) is 9.68. The van der Waals surface area contributed by atoms with Gasteiger partial charge in [0.15, 0.2) is 6.29 Å². The molecular formula is C20H22N4O7S2. The molecule has 0 aliphatic rings. The molecule has 1 aromatic heterocycles. The number of benzene rings is 2. The molecule has 0 aliphatic heterocycles. The lowest BCUT2D eigenvalue weighted by molar-refractivity contribution is 0.112. The molecule has 0 aliphatic carbocycles. The Morgan fingerprint density at radius 3 is 1.48 bits per heavy atom. The predicted molar refractivity (Wildman–Crippen MR) is 123 cm³/mol. The van der Waals surface area contributed by atoms with Crippen LogP contribution < -0.4 is 16.8 Å².